The summed E-state index contributed by atoms with van der Waals surface area (Å²) in [5.41, 5.74) is 7.09. The summed E-state index contributed by atoms with van der Waals surface area (Å²) in [6, 6.07) is 8.56. The maximum Gasteiger partial charge on any atom is 0.0346 e. The molecule has 1 aromatic carbocycles. The highest BCUT2D eigenvalue weighted by molar-refractivity contribution is 7.17. The number of benzene rings is 1. The minimum absolute atomic E-state index is 0.128. The van der Waals surface area contributed by atoms with Crippen LogP contribution < -0.4 is 5.73 Å². The lowest BCUT2D eigenvalue weighted by molar-refractivity contribution is 0.827. The summed E-state index contributed by atoms with van der Waals surface area (Å²) in [6.07, 6.45) is 0. The minimum Gasteiger partial charge on any atom is -0.324 e. The second-order valence-corrected chi connectivity index (χ2v) is 3.92. The fourth-order valence-electron chi connectivity index (χ4n) is 1.41. The largest absolute Gasteiger partial charge is 0.324 e. The molecular formula is C10H11NS. The highest BCUT2D eigenvalue weighted by atomic mass is 32.1. The molecule has 0 fully saturated rings. The van der Waals surface area contributed by atoms with Crippen LogP contribution in [0.25, 0.3) is 10.1 Å². The normalized spacial score (nSPS) is 13.5. The van der Waals surface area contributed by atoms with Gasteiger partial charge in [-0.05, 0) is 35.4 Å². The fraction of sp³-hybridized carbons (Fsp3) is 0.200. The molecule has 0 saturated carbocycles. The van der Waals surface area contributed by atoms with Gasteiger partial charge in [-0.15, -0.1) is 11.3 Å². The molecule has 0 radical (unpaired) electrons. The molecule has 1 atom stereocenters. The van der Waals surface area contributed by atoms with E-state index in [0.29, 0.717) is 0 Å². The summed E-state index contributed by atoms with van der Waals surface area (Å²) < 4.78 is 1.32. The zero-order valence-corrected chi connectivity index (χ0v) is 7.77. The standard InChI is InChI=1S/C10H11NS/c1-7(11)8-3-2-4-10-9(8)5-6-12-10/h2-7H,11H2,1H3/t7-/m0/s1. The van der Waals surface area contributed by atoms with Crippen molar-refractivity contribution in [3.8, 4) is 0 Å². The van der Waals surface area contributed by atoms with Crippen molar-refractivity contribution in [3.63, 3.8) is 0 Å². The molecule has 0 aliphatic heterocycles. The first-order chi connectivity index (χ1) is 5.79. The molecule has 0 amide bonds. The molecule has 12 heavy (non-hydrogen) atoms. The molecule has 0 aliphatic rings. The van der Waals surface area contributed by atoms with Crippen LogP contribution in [0.15, 0.2) is 29.6 Å². The Morgan fingerprint density at radius 2 is 2.17 bits per heavy atom. The van der Waals surface area contributed by atoms with E-state index in [1.165, 1.54) is 15.6 Å². The van der Waals surface area contributed by atoms with E-state index in [-0.39, 0.29) is 6.04 Å². The van der Waals surface area contributed by atoms with Gasteiger partial charge in [0.25, 0.3) is 0 Å². The van der Waals surface area contributed by atoms with Crippen LogP contribution in [0.3, 0.4) is 0 Å². The summed E-state index contributed by atoms with van der Waals surface area (Å²) in [7, 11) is 0. The number of hydrogen-bond donors (Lipinski definition) is 1. The summed E-state index contributed by atoms with van der Waals surface area (Å²) in [5.74, 6) is 0. The third-order valence-corrected chi connectivity index (χ3v) is 2.90. The molecule has 0 spiro atoms. The Bertz CT molecular complexity index is 389. The molecule has 2 heteroatoms. The van der Waals surface area contributed by atoms with Gasteiger partial charge in [-0.1, -0.05) is 12.1 Å². The van der Waals surface area contributed by atoms with Gasteiger partial charge >= 0.3 is 0 Å². The van der Waals surface area contributed by atoms with Crippen molar-refractivity contribution in [2.75, 3.05) is 0 Å². The SMILES string of the molecule is C[C@H](N)c1cccc2sccc12. The summed E-state index contributed by atoms with van der Waals surface area (Å²) in [4.78, 5) is 0. The van der Waals surface area contributed by atoms with Gasteiger partial charge in [-0.25, -0.2) is 0 Å². The molecule has 0 aliphatic carbocycles. The first-order valence-electron chi connectivity index (χ1n) is 4.01. The first kappa shape index (κ1) is 7.77. The predicted molar refractivity (Wildman–Crippen MR) is 54.4 cm³/mol. The highest BCUT2D eigenvalue weighted by Crippen LogP contribution is 2.26. The maximum atomic E-state index is 5.84. The lowest BCUT2D eigenvalue weighted by atomic mass is 10.1. The van der Waals surface area contributed by atoms with E-state index < -0.39 is 0 Å². The van der Waals surface area contributed by atoms with Gasteiger partial charge < -0.3 is 5.73 Å². The molecule has 0 unspecified atom stereocenters. The van der Waals surface area contributed by atoms with Gasteiger partial charge in [0.2, 0.25) is 0 Å². The first-order valence-corrected chi connectivity index (χ1v) is 4.88. The topological polar surface area (TPSA) is 26.0 Å². The molecule has 0 saturated heterocycles. The molecule has 2 N–H and O–H groups in total. The summed E-state index contributed by atoms with van der Waals surface area (Å²) in [5, 5.41) is 3.41. The van der Waals surface area contributed by atoms with Crippen molar-refractivity contribution in [3.05, 3.63) is 35.2 Å². The Hall–Kier alpha value is -0.860. The van der Waals surface area contributed by atoms with Crippen LogP contribution in [0.2, 0.25) is 0 Å². The quantitative estimate of drug-likeness (QED) is 0.712. The Morgan fingerprint density at radius 1 is 1.33 bits per heavy atom. The molecule has 2 rings (SSSR count). The van der Waals surface area contributed by atoms with Crippen molar-refractivity contribution in [1.29, 1.82) is 0 Å². The number of fused-ring (bicyclic) bond motifs is 1. The van der Waals surface area contributed by atoms with Crippen LogP contribution >= 0.6 is 11.3 Å². The zero-order chi connectivity index (χ0) is 8.55. The number of nitrogens with two attached hydrogens (primary N) is 1. The second-order valence-electron chi connectivity index (χ2n) is 2.97. The van der Waals surface area contributed by atoms with Gasteiger partial charge in [0.15, 0.2) is 0 Å². The monoisotopic (exact) mass is 177 g/mol. The highest BCUT2D eigenvalue weighted by Gasteiger charge is 2.04. The average Bonchev–Trinajstić information content (AvgIpc) is 2.49. The van der Waals surface area contributed by atoms with Gasteiger partial charge in [0.05, 0.1) is 0 Å². The Kier molecular flexibility index (Phi) is 1.87. The summed E-state index contributed by atoms with van der Waals surface area (Å²) in [6.45, 7) is 2.02. The Labute approximate surface area is 75.8 Å². The van der Waals surface area contributed by atoms with Crippen LogP contribution in [0, 0.1) is 0 Å². The van der Waals surface area contributed by atoms with Gasteiger partial charge in [-0.2, -0.15) is 0 Å². The molecule has 1 aromatic heterocycles. The van der Waals surface area contributed by atoms with E-state index in [4.69, 9.17) is 5.73 Å². The molecule has 2 aromatic rings. The predicted octanol–water partition coefficient (Wildman–Crippen LogP) is 2.92. The van der Waals surface area contributed by atoms with Crippen LogP contribution in [-0.4, -0.2) is 0 Å². The van der Waals surface area contributed by atoms with E-state index in [2.05, 4.69) is 29.6 Å². The van der Waals surface area contributed by atoms with Crippen molar-refractivity contribution in [2.45, 2.75) is 13.0 Å². The molecule has 1 heterocycles. The number of thiophene rings is 1. The van der Waals surface area contributed by atoms with E-state index in [1.54, 1.807) is 11.3 Å². The van der Waals surface area contributed by atoms with Gasteiger partial charge in [0.1, 0.15) is 0 Å². The maximum absolute atomic E-state index is 5.84. The van der Waals surface area contributed by atoms with Crippen LogP contribution in [0.5, 0.6) is 0 Å². The third-order valence-electron chi connectivity index (χ3n) is 2.02. The van der Waals surface area contributed by atoms with Gasteiger partial charge in [-0.3, -0.25) is 0 Å². The van der Waals surface area contributed by atoms with Crippen LogP contribution in [0.1, 0.15) is 18.5 Å². The van der Waals surface area contributed by atoms with Crippen molar-refractivity contribution >= 4 is 21.4 Å². The summed E-state index contributed by atoms with van der Waals surface area (Å²) >= 11 is 1.76. The van der Waals surface area contributed by atoms with E-state index in [9.17, 15) is 0 Å². The van der Waals surface area contributed by atoms with Crippen LogP contribution in [0.4, 0.5) is 0 Å². The lowest BCUT2D eigenvalue weighted by Crippen LogP contribution is -2.04. The van der Waals surface area contributed by atoms with Gasteiger partial charge in [0, 0.05) is 10.7 Å². The van der Waals surface area contributed by atoms with E-state index in [1.807, 2.05) is 6.92 Å². The molecule has 1 nitrogen and oxygen atoms in total. The van der Waals surface area contributed by atoms with E-state index in [0.717, 1.165) is 0 Å². The van der Waals surface area contributed by atoms with Crippen molar-refractivity contribution < 1.29 is 0 Å². The molecule has 0 bridgehead atoms. The van der Waals surface area contributed by atoms with Crippen molar-refractivity contribution in [2.24, 2.45) is 5.73 Å². The zero-order valence-electron chi connectivity index (χ0n) is 6.95. The second kappa shape index (κ2) is 2.88. The smallest absolute Gasteiger partial charge is 0.0346 e. The Morgan fingerprint density at radius 3 is 2.92 bits per heavy atom. The number of rotatable bonds is 1. The fourth-order valence-corrected chi connectivity index (χ4v) is 2.24. The molecular weight excluding hydrogens is 166 g/mol. The lowest BCUT2D eigenvalue weighted by Gasteiger charge is -2.05. The van der Waals surface area contributed by atoms with Crippen molar-refractivity contribution in [1.82, 2.24) is 0 Å². The third kappa shape index (κ3) is 1.13. The number of hydrogen-bond acceptors (Lipinski definition) is 2. The Balaban J connectivity index is 2.73. The van der Waals surface area contributed by atoms with E-state index >= 15 is 0 Å². The minimum atomic E-state index is 0.128. The molecule has 62 valence electrons. The van der Waals surface area contributed by atoms with Crippen LogP contribution in [-0.2, 0) is 0 Å². The average molecular weight is 177 g/mol.